The van der Waals surface area contributed by atoms with Gasteiger partial charge in [0, 0.05) is 18.0 Å². The van der Waals surface area contributed by atoms with E-state index in [4.69, 9.17) is 5.53 Å². The van der Waals surface area contributed by atoms with E-state index < -0.39 is 23.8 Å². The Morgan fingerprint density at radius 1 is 1.52 bits per heavy atom. The number of ether oxygens (including phenoxy) is 1. The summed E-state index contributed by atoms with van der Waals surface area (Å²) in [6.45, 7) is 0.184. The number of methoxy groups -OCH3 is 1. The minimum atomic E-state index is -4.50. The fourth-order valence-corrected chi connectivity index (χ4v) is 1.65. The van der Waals surface area contributed by atoms with Gasteiger partial charge in [-0.05, 0) is 23.2 Å². The van der Waals surface area contributed by atoms with E-state index >= 15 is 0 Å². The summed E-state index contributed by atoms with van der Waals surface area (Å²) >= 11 is 0. The molecule has 0 saturated carbocycles. The van der Waals surface area contributed by atoms with Crippen molar-refractivity contribution in [2.75, 3.05) is 20.2 Å². The molecule has 1 atom stereocenters. The number of nitrogens with one attached hydrogen (secondary N) is 1. The lowest BCUT2D eigenvalue weighted by atomic mass is 10.0. The van der Waals surface area contributed by atoms with Gasteiger partial charge in [-0.1, -0.05) is 17.2 Å². The van der Waals surface area contributed by atoms with Gasteiger partial charge in [0.25, 0.3) is 0 Å². The first-order valence-corrected chi connectivity index (χ1v) is 5.89. The summed E-state index contributed by atoms with van der Waals surface area (Å²) in [5.74, 6) is -0.727. The summed E-state index contributed by atoms with van der Waals surface area (Å²) in [6, 6.07) is 3.33. The van der Waals surface area contributed by atoms with Crippen molar-refractivity contribution in [3.8, 4) is 0 Å². The molecule has 6 nitrogen and oxygen atoms in total. The first-order chi connectivity index (χ1) is 9.90. The highest BCUT2D eigenvalue weighted by Crippen LogP contribution is 2.30. The van der Waals surface area contributed by atoms with E-state index in [2.05, 4.69) is 20.1 Å². The second kappa shape index (κ2) is 7.51. The summed E-state index contributed by atoms with van der Waals surface area (Å²) < 4.78 is 42.6. The molecule has 1 aromatic carbocycles. The van der Waals surface area contributed by atoms with Gasteiger partial charge >= 0.3 is 12.1 Å². The third-order valence-corrected chi connectivity index (χ3v) is 2.61. The fourth-order valence-electron chi connectivity index (χ4n) is 1.65. The maximum absolute atomic E-state index is 12.7. The summed E-state index contributed by atoms with van der Waals surface area (Å²) in [7, 11) is 1.14. The van der Waals surface area contributed by atoms with Crippen molar-refractivity contribution in [2.24, 2.45) is 5.11 Å². The van der Waals surface area contributed by atoms with Crippen molar-refractivity contribution in [3.05, 3.63) is 45.8 Å². The number of esters is 1. The molecule has 0 fully saturated rings. The van der Waals surface area contributed by atoms with Gasteiger partial charge in [0.1, 0.15) is 6.04 Å². The van der Waals surface area contributed by atoms with Crippen LogP contribution in [-0.2, 0) is 15.7 Å². The largest absolute Gasteiger partial charge is 0.468 e. The normalized spacial score (nSPS) is 12.4. The van der Waals surface area contributed by atoms with Crippen LogP contribution in [0.3, 0.4) is 0 Å². The number of hydrogen-bond acceptors (Lipinski definition) is 4. The zero-order chi connectivity index (χ0) is 15.9. The van der Waals surface area contributed by atoms with Gasteiger partial charge in [0.05, 0.1) is 12.7 Å². The molecule has 114 valence electrons. The lowest BCUT2D eigenvalue weighted by Gasteiger charge is -2.17. The van der Waals surface area contributed by atoms with Crippen LogP contribution in [0.1, 0.15) is 17.2 Å². The Kier molecular flexibility index (Phi) is 6.01. The van der Waals surface area contributed by atoms with Gasteiger partial charge in [-0.2, -0.15) is 13.2 Å². The van der Waals surface area contributed by atoms with Gasteiger partial charge in [-0.15, -0.1) is 0 Å². The molecule has 0 bridgehead atoms. The first-order valence-electron chi connectivity index (χ1n) is 5.89. The predicted octanol–water partition coefficient (Wildman–Crippen LogP) is 2.82. The number of nitrogens with zero attached hydrogens (tertiary/aromatic N) is 3. The molecule has 1 unspecified atom stereocenters. The third kappa shape index (κ3) is 4.97. The molecule has 21 heavy (non-hydrogen) atoms. The molecular weight excluding hydrogens is 289 g/mol. The zero-order valence-electron chi connectivity index (χ0n) is 11.1. The van der Waals surface area contributed by atoms with E-state index in [9.17, 15) is 18.0 Å². The van der Waals surface area contributed by atoms with Crippen molar-refractivity contribution in [3.63, 3.8) is 0 Å². The Morgan fingerprint density at radius 3 is 2.81 bits per heavy atom. The number of benzene rings is 1. The molecule has 1 rings (SSSR count). The van der Waals surface area contributed by atoms with Crippen LogP contribution in [0.15, 0.2) is 29.4 Å². The standard InChI is InChI=1S/C12H13F3N4O2/c1-21-11(20)10(17-5-6-18-19-16)8-3-2-4-9(7-8)12(13,14)15/h2-4,7,10,17H,5-6H2,1H3. The molecule has 0 aliphatic rings. The molecule has 0 aromatic heterocycles. The quantitative estimate of drug-likeness (QED) is 0.288. The molecular formula is C12H13F3N4O2. The number of carbonyl (C=O) groups excluding carboxylic acids is 1. The van der Waals surface area contributed by atoms with E-state index in [1.165, 1.54) is 12.1 Å². The number of hydrogen-bond donors (Lipinski definition) is 1. The van der Waals surface area contributed by atoms with Gasteiger partial charge < -0.3 is 10.1 Å². The highest BCUT2D eigenvalue weighted by Gasteiger charge is 2.31. The molecule has 0 aliphatic heterocycles. The lowest BCUT2D eigenvalue weighted by molar-refractivity contribution is -0.143. The number of azide groups is 1. The van der Waals surface area contributed by atoms with Gasteiger partial charge in [0.2, 0.25) is 0 Å². The second-order valence-corrected chi connectivity index (χ2v) is 3.99. The Bertz CT molecular complexity index is 542. The molecule has 0 radical (unpaired) electrons. The van der Waals surface area contributed by atoms with Crippen molar-refractivity contribution >= 4 is 5.97 Å². The molecule has 1 aromatic rings. The van der Waals surface area contributed by atoms with Crippen molar-refractivity contribution in [1.82, 2.24) is 5.32 Å². The highest BCUT2D eigenvalue weighted by atomic mass is 19.4. The van der Waals surface area contributed by atoms with Crippen molar-refractivity contribution < 1.29 is 22.7 Å². The van der Waals surface area contributed by atoms with Crippen LogP contribution in [0.25, 0.3) is 10.4 Å². The van der Waals surface area contributed by atoms with E-state index in [-0.39, 0.29) is 18.7 Å². The Balaban J connectivity index is 2.97. The molecule has 0 heterocycles. The average Bonchev–Trinajstić information content (AvgIpc) is 2.46. The van der Waals surface area contributed by atoms with Crippen LogP contribution < -0.4 is 5.32 Å². The van der Waals surface area contributed by atoms with E-state index in [1.807, 2.05) is 0 Å². The van der Waals surface area contributed by atoms with Gasteiger partial charge in [0.15, 0.2) is 0 Å². The Hall–Kier alpha value is -2.25. The lowest BCUT2D eigenvalue weighted by Crippen LogP contribution is -2.31. The van der Waals surface area contributed by atoms with Crippen LogP contribution in [0.5, 0.6) is 0 Å². The summed E-state index contributed by atoms with van der Waals surface area (Å²) in [6.07, 6.45) is -4.50. The summed E-state index contributed by atoms with van der Waals surface area (Å²) in [4.78, 5) is 14.2. The van der Waals surface area contributed by atoms with E-state index in [1.54, 1.807) is 0 Å². The fraction of sp³-hybridized carbons (Fsp3) is 0.417. The minimum absolute atomic E-state index is 0.0585. The molecule has 0 saturated heterocycles. The first kappa shape index (κ1) is 16.8. The average molecular weight is 302 g/mol. The third-order valence-electron chi connectivity index (χ3n) is 2.61. The van der Waals surface area contributed by atoms with Crippen LogP contribution in [0, 0.1) is 0 Å². The van der Waals surface area contributed by atoms with Crippen molar-refractivity contribution in [2.45, 2.75) is 12.2 Å². The molecule has 0 aliphatic carbocycles. The monoisotopic (exact) mass is 302 g/mol. The second-order valence-electron chi connectivity index (χ2n) is 3.99. The predicted molar refractivity (Wildman–Crippen MR) is 68.2 cm³/mol. The van der Waals surface area contributed by atoms with Crippen LogP contribution in [-0.4, -0.2) is 26.2 Å². The summed E-state index contributed by atoms with van der Waals surface area (Å²) in [5, 5.41) is 5.96. The Morgan fingerprint density at radius 2 is 2.24 bits per heavy atom. The van der Waals surface area contributed by atoms with Crippen LogP contribution >= 0.6 is 0 Å². The van der Waals surface area contributed by atoms with E-state index in [0.717, 1.165) is 19.2 Å². The topological polar surface area (TPSA) is 87.1 Å². The van der Waals surface area contributed by atoms with Crippen LogP contribution in [0.2, 0.25) is 0 Å². The maximum atomic E-state index is 12.7. The molecule has 0 amide bonds. The zero-order valence-corrected chi connectivity index (χ0v) is 11.1. The smallest absolute Gasteiger partial charge is 0.416 e. The Labute approximate surface area is 118 Å². The maximum Gasteiger partial charge on any atom is 0.416 e. The SMILES string of the molecule is COC(=O)C(NCCN=[N+]=[N-])c1cccc(C(F)(F)F)c1. The number of rotatable bonds is 6. The van der Waals surface area contributed by atoms with Crippen LogP contribution in [0.4, 0.5) is 13.2 Å². The molecule has 0 spiro atoms. The van der Waals surface area contributed by atoms with Gasteiger partial charge in [-0.3, -0.25) is 0 Å². The number of carbonyl (C=O) groups is 1. The molecule has 1 N–H and O–H groups in total. The minimum Gasteiger partial charge on any atom is -0.468 e. The summed E-state index contributed by atoms with van der Waals surface area (Å²) in [5.41, 5.74) is 7.41. The number of alkyl halides is 3. The van der Waals surface area contributed by atoms with E-state index in [0.29, 0.717) is 0 Å². The van der Waals surface area contributed by atoms with Gasteiger partial charge in [-0.25, -0.2) is 4.79 Å². The highest BCUT2D eigenvalue weighted by molar-refractivity contribution is 5.77. The number of halogens is 3. The molecule has 9 heteroatoms. The van der Waals surface area contributed by atoms with Crippen molar-refractivity contribution in [1.29, 1.82) is 0 Å².